The average Bonchev–Trinajstić information content (AvgIpc) is 3.10. The van der Waals surface area contributed by atoms with Crippen LogP contribution in [0.15, 0.2) is 24.3 Å². The van der Waals surface area contributed by atoms with E-state index in [9.17, 15) is 4.79 Å². The molecular weight excluding hydrogens is 186 g/mol. The Bertz CT molecular complexity index is 355. The van der Waals surface area contributed by atoms with Gasteiger partial charge >= 0.3 is 0 Å². The molecule has 80 valence electrons. The van der Waals surface area contributed by atoms with Crippen LogP contribution in [0.2, 0.25) is 0 Å². The first-order valence-electron chi connectivity index (χ1n) is 5.66. The van der Waals surface area contributed by atoms with Crippen molar-refractivity contribution in [2.75, 3.05) is 6.54 Å². The Hall–Kier alpha value is -1.31. The van der Waals surface area contributed by atoms with Crippen LogP contribution in [0.4, 0.5) is 0 Å². The predicted octanol–water partition coefficient (Wildman–Crippen LogP) is 2.39. The molecule has 0 aliphatic heterocycles. The van der Waals surface area contributed by atoms with Crippen molar-refractivity contribution in [3.05, 3.63) is 35.4 Å². The second-order valence-electron chi connectivity index (χ2n) is 4.21. The van der Waals surface area contributed by atoms with Gasteiger partial charge in [-0.15, -0.1) is 0 Å². The first-order valence-corrected chi connectivity index (χ1v) is 5.66. The highest BCUT2D eigenvalue weighted by Crippen LogP contribution is 2.27. The topological polar surface area (TPSA) is 29.1 Å². The lowest BCUT2D eigenvalue weighted by molar-refractivity contribution is 0.0951. The number of rotatable bonds is 4. The summed E-state index contributed by atoms with van der Waals surface area (Å²) < 4.78 is 0. The van der Waals surface area contributed by atoms with Crippen LogP contribution < -0.4 is 5.32 Å². The van der Waals surface area contributed by atoms with Gasteiger partial charge in [0.15, 0.2) is 0 Å². The molecule has 1 saturated carbocycles. The fourth-order valence-corrected chi connectivity index (χ4v) is 1.59. The van der Waals surface area contributed by atoms with E-state index in [1.54, 1.807) is 0 Å². The summed E-state index contributed by atoms with van der Waals surface area (Å²) in [7, 11) is 0. The summed E-state index contributed by atoms with van der Waals surface area (Å²) in [6.07, 6.45) is 3.52. The third-order valence-electron chi connectivity index (χ3n) is 2.85. The van der Waals surface area contributed by atoms with Crippen LogP contribution in [0.1, 0.15) is 35.7 Å². The number of hydrogen-bond donors (Lipinski definition) is 1. The van der Waals surface area contributed by atoms with Gasteiger partial charge in [0.05, 0.1) is 0 Å². The minimum atomic E-state index is 0.0669. The Labute approximate surface area is 90.7 Å². The summed E-state index contributed by atoms with van der Waals surface area (Å²) >= 11 is 0. The molecule has 0 heterocycles. The van der Waals surface area contributed by atoms with Gasteiger partial charge in [0.1, 0.15) is 0 Å². The first kappa shape index (κ1) is 10.2. The molecule has 1 amide bonds. The van der Waals surface area contributed by atoms with Crippen LogP contribution in [0.5, 0.6) is 0 Å². The van der Waals surface area contributed by atoms with E-state index >= 15 is 0 Å². The van der Waals surface area contributed by atoms with E-state index in [2.05, 4.69) is 18.3 Å². The lowest BCUT2D eigenvalue weighted by Gasteiger charge is -2.05. The minimum absolute atomic E-state index is 0.0669. The maximum absolute atomic E-state index is 11.7. The SMILES string of the molecule is CCc1cccc(C(=O)NCC2CC2)c1. The maximum atomic E-state index is 11.7. The summed E-state index contributed by atoms with van der Waals surface area (Å²) in [5.74, 6) is 0.806. The summed E-state index contributed by atoms with van der Waals surface area (Å²) in [4.78, 5) is 11.7. The predicted molar refractivity (Wildman–Crippen MR) is 60.9 cm³/mol. The van der Waals surface area contributed by atoms with Crippen LogP contribution >= 0.6 is 0 Å². The van der Waals surface area contributed by atoms with Gasteiger partial charge in [0, 0.05) is 12.1 Å². The van der Waals surface area contributed by atoms with Gasteiger partial charge in [-0.05, 0) is 42.9 Å². The van der Waals surface area contributed by atoms with Crippen molar-refractivity contribution in [1.82, 2.24) is 5.32 Å². The third-order valence-corrected chi connectivity index (χ3v) is 2.85. The third kappa shape index (κ3) is 2.82. The second-order valence-corrected chi connectivity index (χ2v) is 4.21. The van der Waals surface area contributed by atoms with Crippen molar-refractivity contribution >= 4 is 5.91 Å². The van der Waals surface area contributed by atoms with Crippen LogP contribution in [-0.2, 0) is 6.42 Å². The molecular formula is C13H17NO. The molecule has 1 aromatic carbocycles. The average molecular weight is 203 g/mol. The zero-order chi connectivity index (χ0) is 10.7. The molecule has 1 aliphatic carbocycles. The van der Waals surface area contributed by atoms with Gasteiger partial charge in [-0.1, -0.05) is 19.1 Å². The fourth-order valence-electron chi connectivity index (χ4n) is 1.59. The van der Waals surface area contributed by atoms with Crippen LogP contribution in [0.25, 0.3) is 0 Å². The number of carbonyl (C=O) groups is 1. The number of benzene rings is 1. The molecule has 1 aromatic rings. The van der Waals surface area contributed by atoms with Crippen molar-refractivity contribution in [3.8, 4) is 0 Å². The molecule has 2 heteroatoms. The Balaban J connectivity index is 1.96. The fraction of sp³-hybridized carbons (Fsp3) is 0.462. The monoisotopic (exact) mass is 203 g/mol. The first-order chi connectivity index (χ1) is 7.29. The molecule has 1 fully saturated rings. The normalized spacial score (nSPS) is 15.0. The molecule has 0 radical (unpaired) electrons. The van der Waals surface area contributed by atoms with Crippen LogP contribution in [0, 0.1) is 5.92 Å². The maximum Gasteiger partial charge on any atom is 0.251 e. The standard InChI is InChI=1S/C13H17NO/c1-2-10-4-3-5-12(8-10)13(15)14-9-11-6-7-11/h3-5,8,11H,2,6-7,9H2,1H3,(H,14,15). The van der Waals surface area contributed by atoms with E-state index in [0.717, 1.165) is 24.4 Å². The zero-order valence-corrected chi connectivity index (χ0v) is 9.12. The van der Waals surface area contributed by atoms with E-state index in [1.807, 2.05) is 18.2 Å². The Morgan fingerprint density at radius 1 is 1.47 bits per heavy atom. The summed E-state index contributed by atoms with van der Waals surface area (Å²) in [5.41, 5.74) is 2.00. The van der Waals surface area contributed by atoms with E-state index < -0.39 is 0 Å². The van der Waals surface area contributed by atoms with Gasteiger partial charge < -0.3 is 5.32 Å². The van der Waals surface area contributed by atoms with E-state index in [4.69, 9.17) is 0 Å². The summed E-state index contributed by atoms with van der Waals surface area (Å²) in [6.45, 7) is 2.94. The summed E-state index contributed by atoms with van der Waals surface area (Å²) in [6, 6.07) is 7.85. The number of aryl methyl sites for hydroxylation is 1. The van der Waals surface area contributed by atoms with Crippen molar-refractivity contribution < 1.29 is 4.79 Å². The minimum Gasteiger partial charge on any atom is -0.352 e. The highest BCUT2D eigenvalue weighted by atomic mass is 16.1. The molecule has 0 atom stereocenters. The van der Waals surface area contributed by atoms with Crippen molar-refractivity contribution in [3.63, 3.8) is 0 Å². The lowest BCUT2D eigenvalue weighted by atomic mass is 10.1. The van der Waals surface area contributed by atoms with Gasteiger partial charge in [-0.25, -0.2) is 0 Å². The quantitative estimate of drug-likeness (QED) is 0.799. The number of nitrogens with one attached hydrogen (secondary N) is 1. The van der Waals surface area contributed by atoms with Crippen LogP contribution in [0.3, 0.4) is 0 Å². The lowest BCUT2D eigenvalue weighted by Crippen LogP contribution is -2.25. The largest absolute Gasteiger partial charge is 0.352 e. The molecule has 0 bridgehead atoms. The van der Waals surface area contributed by atoms with Gasteiger partial charge in [0.2, 0.25) is 0 Å². The zero-order valence-electron chi connectivity index (χ0n) is 9.12. The van der Waals surface area contributed by atoms with Crippen molar-refractivity contribution in [1.29, 1.82) is 0 Å². The Morgan fingerprint density at radius 3 is 2.93 bits per heavy atom. The molecule has 2 rings (SSSR count). The Morgan fingerprint density at radius 2 is 2.27 bits per heavy atom. The second kappa shape index (κ2) is 4.47. The number of amides is 1. The van der Waals surface area contributed by atoms with Crippen molar-refractivity contribution in [2.24, 2.45) is 5.92 Å². The molecule has 1 N–H and O–H groups in total. The summed E-state index contributed by atoms with van der Waals surface area (Å²) in [5, 5.41) is 2.97. The molecule has 0 saturated heterocycles. The number of hydrogen-bond acceptors (Lipinski definition) is 1. The smallest absolute Gasteiger partial charge is 0.251 e. The van der Waals surface area contributed by atoms with Gasteiger partial charge in [0.25, 0.3) is 5.91 Å². The molecule has 0 spiro atoms. The van der Waals surface area contributed by atoms with E-state index in [0.29, 0.717) is 0 Å². The molecule has 15 heavy (non-hydrogen) atoms. The van der Waals surface area contributed by atoms with E-state index in [-0.39, 0.29) is 5.91 Å². The molecule has 0 aromatic heterocycles. The van der Waals surface area contributed by atoms with Gasteiger partial charge in [-0.3, -0.25) is 4.79 Å². The van der Waals surface area contributed by atoms with E-state index in [1.165, 1.54) is 18.4 Å². The molecule has 2 nitrogen and oxygen atoms in total. The highest BCUT2D eigenvalue weighted by molar-refractivity contribution is 5.94. The van der Waals surface area contributed by atoms with Crippen LogP contribution in [-0.4, -0.2) is 12.5 Å². The molecule has 0 unspecified atom stereocenters. The number of carbonyl (C=O) groups excluding carboxylic acids is 1. The Kier molecular flexibility index (Phi) is 3.05. The molecule has 1 aliphatic rings. The van der Waals surface area contributed by atoms with Crippen molar-refractivity contribution in [2.45, 2.75) is 26.2 Å². The highest BCUT2D eigenvalue weighted by Gasteiger charge is 2.21. The van der Waals surface area contributed by atoms with Gasteiger partial charge in [-0.2, -0.15) is 0 Å².